The Morgan fingerprint density at radius 1 is 1.00 bits per heavy atom. The predicted octanol–water partition coefficient (Wildman–Crippen LogP) is 3.14. The highest BCUT2D eigenvalue weighted by Gasteiger charge is 2.11. The lowest BCUT2D eigenvalue weighted by Crippen LogP contribution is -2.36. The SMILES string of the molecule is CCc1ccc(NCC(=O)Nc2ccc(N3CCOCC3)cc2)cc1. The molecule has 5 heteroatoms. The van der Waals surface area contributed by atoms with Gasteiger partial charge < -0.3 is 20.3 Å². The van der Waals surface area contributed by atoms with E-state index in [0.717, 1.165) is 49.8 Å². The van der Waals surface area contributed by atoms with Crippen LogP contribution >= 0.6 is 0 Å². The van der Waals surface area contributed by atoms with E-state index in [4.69, 9.17) is 4.74 Å². The molecule has 0 spiro atoms. The van der Waals surface area contributed by atoms with Crippen LogP contribution in [-0.4, -0.2) is 38.8 Å². The molecule has 1 saturated heterocycles. The number of carbonyl (C=O) groups excluding carboxylic acids is 1. The largest absolute Gasteiger partial charge is 0.378 e. The second kappa shape index (κ2) is 8.53. The smallest absolute Gasteiger partial charge is 0.243 e. The van der Waals surface area contributed by atoms with Crippen LogP contribution in [-0.2, 0) is 16.0 Å². The van der Waals surface area contributed by atoms with Crippen LogP contribution in [0.25, 0.3) is 0 Å². The molecule has 1 amide bonds. The standard InChI is InChI=1S/C20H25N3O2/c1-2-16-3-5-17(6-4-16)21-15-20(24)22-18-7-9-19(10-8-18)23-11-13-25-14-12-23/h3-10,21H,2,11-15H2,1H3,(H,22,24). The van der Waals surface area contributed by atoms with Gasteiger partial charge in [0.15, 0.2) is 0 Å². The molecular weight excluding hydrogens is 314 g/mol. The number of amides is 1. The normalized spacial score (nSPS) is 14.2. The zero-order valence-electron chi connectivity index (χ0n) is 14.6. The van der Waals surface area contributed by atoms with Crippen molar-refractivity contribution in [3.8, 4) is 0 Å². The van der Waals surface area contributed by atoms with Crippen molar-refractivity contribution in [2.24, 2.45) is 0 Å². The monoisotopic (exact) mass is 339 g/mol. The Morgan fingerprint density at radius 2 is 1.64 bits per heavy atom. The Labute approximate surface area is 149 Å². The van der Waals surface area contributed by atoms with Gasteiger partial charge in [0.2, 0.25) is 5.91 Å². The van der Waals surface area contributed by atoms with Crippen molar-refractivity contribution in [1.82, 2.24) is 0 Å². The summed E-state index contributed by atoms with van der Waals surface area (Å²) >= 11 is 0. The van der Waals surface area contributed by atoms with Gasteiger partial charge in [0, 0.05) is 30.2 Å². The molecule has 25 heavy (non-hydrogen) atoms. The maximum absolute atomic E-state index is 12.1. The Hall–Kier alpha value is -2.53. The zero-order chi connectivity index (χ0) is 17.5. The minimum absolute atomic E-state index is 0.0568. The van der Waals surface area contributed by atoms with E-state index in [2.05, 4.69) is 34.6 Å². The van der Waals surface area contributed by atoms with Crippen LogP contribution in [0, 0.1) is 0 Å². The number of hydrogen-bond acceptors (Lipinski definition) is 4. The third-order valence-corrected chi connectivity index (χ3v) is 4.34. The molecule has 0 unspecified atom stereocenters. The highest BCUT2D eigenvalue weighted by Crippen LogP contribution is 2.19. The second-order valence-corrected chi connectivity index (χ2v) is 6.10. The van der Waals surface area contributed by atoms with E-state index in [1.807, 2.05) is 36.4 Å². The maximum Gasteiger partial charge on any atom is 0.243 e. The number of morpholine rings is 1. The van der Waals surface area contributed by atoms with Crippen LogP contribution in [0.15, 0.2) is 48.5 Å². The summed E-state index contributed by atoms with van der Waals surface area (Å²) in [6.07, 6.45) is 1.02. The fourth-order valence-electron chi connectivity index (χ4n) is 2.82. The van der Waals surface area contributed by atoms with Crippen molar-refractivity contribution < 1.29 is 9.53 Å². The Morgan fingerprint density at radius 3 is 2.28 bits per heavy atom. The number of benzene rings is 2. The van der Waals surface area contributed by atoms with Crippen LogP contribution in [0.3, 0.4) is 0 Å². The van der Waals surface area contributed by atoms with Gasteiger partial charge in [-0.05, 0) is 48.4 Å². The Bertz CT molecular complexity index is 677. The number of carbonyl (C=O) groups is 1. The van der Waals surface area contributed by atoms with Crippen molar-refractivity contribution >= 4 is 23.0 Å². The number of ether oxygens (including phenoxy) is 1. The van der Waals surface area contributed by atoms with E-state index >= 15 is 0 Å². The molecule has 0 aliphatic carbocycles. The third-order valence-electron chi connectivity index (χ3n) is 4.34. The molecule has 0 radical (unpaired) electrons. The topological polar surface area (TPSA) is 53.6 Å². The number of anilines is 3. The average molecular weight is 339 g/mol. The van der Waals surface area contributed by atoms with Gasteiger partial charge in [-0.1, -0.05) is 19.1 Å². The number of nitrogens with zero attached hydrogens (tertiary/aromatic N) is 1. The fraction of sp³-hybridized carbons (Fsp3) is 0.350. The molecule has 2 aromatic rings. The first kappa shape index (κ1) is 17.3. The second-order valence-electron chi connectivity index (χ2n) is 6.10. The Balaban J connectivity index is 1.48. The molecule has 1 fully saturated rings. The lowest BCUT2D eigenvalue weighted by molar-refractivity contribution is -0.114. The zero-order valence-corrected chi connectivity index (χ0v) is 14.6. The lowest BCUT2D eigenvalue weighted by Gasteiger charge is -2.28. The van der Waals surface area contributed by atoms with Crippen molar-refractivity contribution in [2.45, 2.75) is 13.3 Å². The molecule has 1 aliphatic heterocycles. The fourth-order valence-corrected chi connectivity index (χ4v) is 2.82. The highest BCUT2D eigenvalue weighted by atomic mass is 16.5. The first-order valence-electron chi connectivity index (χ1n) is 8.80. The summed E-state index contributed by atoms with van der Waals surface area (Å²) in [5, 5.41) is 6.07. The molecule has 1 aliphatic rings. The highest BCUT2D eigenvalue weighted by molar-refractivity contribution is 5.93. The van der Waals surface area contributed by atoms with Crippen molar-refractivity contribution in [2.75, 3.05) is 48.4 Å². The molecule has 0 bridgehead atoms. The van der Waals surface area contributed by atoms with Gasteiger partial charge in [0.05, 0.1) is 19.8 Å². The van der Waals surface area contributed by atoms with Crippen LogP contribution < -0.4 is 15.5 Å². The summed E-state index contributed by atoms with van der Waals surface area (Å²) in [5.74, 6) is -0.0568. The van der Waals surface area contributed by atoms with Gasteiger partial charge in [-0.2, -0.15) is 0 Å². The molecule has 2 aromatic carbocycles. The summed E-state index contributed by atoms with van der Waals surface area (Å²) < 4.78 is 5.37. The van der Waals surface area contributed by atoms with Gasteiger partial charge in [0.25, 0.3) is 0 Å². The predicted molar refractivity (Wildman–Crippen MR) is 102 cm³/mol. The van der Waals surface area contributed by atoms with Gasteiger partial charge in [-0.25, -0.2) is 0 Å². The van der Waals surface area contributed by atoms with E-state index in [9.17, 15) is 4.79 Å². The molecule has 0 atom stereocenters. The van der Waals surface area contributed by atoms with E-state index in [1.165, 1.54) is 5.56 Å². The third kappa shape index (κ3) is 4.97. The molecule has 5 nitrogen and oxygen atoms in total. The van der Waals surface area contributed by atoms with E-state index in [1.54, 1.807) is 0 Å². The van der Waals surface area contributed by atoms with Gasteiger partial charge in [-0.3, -0.25) is 4.79 Å². The molecular formula is C20H25N3O2. The molecule has 0 aromatic heterocycles. The summed E-state index contributed by atoms with van der Waals surface area (Å²) in [6, 6.07) is 16.1. The molecule has 132 valence electrons. The minimum Gasteiger partial charge on any atom is -0.378 e. The number of rotatable bonds is 6. The van der Waals surface area contributed by atoms with Gasteiger partial charge in [-0.15, -0.1) is 0 Å². The molecule has 3 rings (SSSR count). The van der Waals surface area contributed by atoms with E-state index < -0.39 is 0 Å². The first-order chi connectivity index (χ1) is 12.2. The molecule has 0 saturated carbocycles. The maximum atomic E-state index is 12.1. The number of nitrogens with one attached hydrogen (secondary N) is 2. The van der Waals surface area contributed by atoms with Crippen LogP contribution in [0.2, 0.25) is 0 Å². The summed E-state index contributed by atoms with van der Waals surface area (Å²) in [6.45, 7) is 5.72. The molecule has 1 heterocycles. The Kier molecular flexibility index (Phi) is 5.90. The van der Waals surface area contributed by atoms with Crippen molar-refractivity contribution in [3.63, 3.8) is 0 Å². The van der Waals surface area contributed by atoms with Crippen molar-refractivity contribution in [3.05, 3.63) is 54.1 Å². The van der Waals surface area contributed by atoms with Crippen LogP contribution in [0.1, 0.15) is 12.5 Å². The van der Waals surface area contributed by atoms with Crippen LogP contribution in [0.5, 0.6) is 0 Å². The van der Waals surface area contributed by atoms with E-state index in [-0.39, 0.29) is 12.5 Å². The summed E-state index contributed by atoms with van der Waals surface area (Å²) in [7, 11) is 0. The lowest BCUT2D eigenvalue weighted by atomic mass is 10.1. The van der Waals surface area contributed by atoms with Crippen molar-refractivity contribution in [1.29, 1.82) is 0 Å². The first-order valence-corrected chi connectivity index (χ1v) is 8.80. The number of aryl methyl sites for hydroxylation is 1. The van der Waals surface area contributed by atoms with Gasteiger partial charge in [0.1, 0.15) is 0 Å². The summed E-state index contributed by atoms with van der Waals surface area (Å²) in [5.41, 5.74) is 4.21. The van der Waals surface area contributed by atoms with Gasteiger partial charge >= 0.3 is 0 Å². The van der Waals surface area contributed by atoms with E-state index in [0.29, 0.717) is 0 Å². The average Bonchev–Trinajstić information content (AvgIpc) is 2.68. The summed E-state index contributed by atoms with van der Waals surface area (Å²) in [4.78, 5) is 14.4. The minimum atomic E-state index is -0.0568. The van der Waals surface area contributed by atoms with Crippen LogP contribution in [0.4, 0.5) is 17.1 Å². The molecule has 2 N–H and O–H groups in total. The quantitative estimate of drug-likeness (QED) is 0.849. The number of hydrogen-bond donors (Lipinski definition) is 2.